The SMILES string of the molecule is CC(C)CNCc1cccc(COCc2ccccc2)c1. The van der Waals surface area contributed by atoms with Crippen molar-refractivity contribution < 1.29 is 4.74 Å². The molecule has 0 aliphatic rings. The predicted octanol–water partition coefficient (Wildman–Crippen LogP) is 4.15. The fourth-order valence-corrected chi connectivity index (χ4v) is 2.20. The summed E-state index contributed by atoms with van der Waals surface area (Å²) in [6.07, 6.45) is 0. The van der Waals surface area contributed by atoms with Crippen LogP contribution in [0.1, 0.15) is 30.5 Å². The van der Waals surface area contributed by atoms with Crippen LogP contribution in [0.15, 0.2) is 54.6 Å². The highest BCUT2D eigenvalue weighted by Gasteiger charge is 1.99. The fraction of sp³-hybridized carbons (Fsp3) is 0.368. The molecule has 0 aliphatic heterocycles. The van der Waals surface area contributed by atoms with E-state index in [1.165, 1.54) is 16.7 Å². The first-order valence-corrected chi connectivity index (χ1v) is 7.64. The van der Waals surface area contributed by atoms with E-state index < -0.39 is 0 Å². The maximum atomic E-state index is 5.78. The number of benzene rings is 2. The maximum Gasteiger partial charge on any atom is 0.0721 e. The molecule has 21 heavy (non-hydrogen) atoms. The third kappa shape index (κ3) is 6.11. The van der Waals surface area contributed by atoms with E-state index in [9.17, 15) is 0 Å². The number of hydrogen-bond acceptors (Lipinski definition) is 2. The summed E-state index contributed by atoms with van der Waals surface area (Å²) in [6, 6.07) is 18.9. The van der Waals surface area contributed by atoms with Crippen molar-refractivity contribution in [3.63, 3.8) is 0 Å². The molecule has 2 aromatic rings. The first-order chi connectivity index (χ1) is 10.2. The van der Waals surface area contributed by atoms with Crippen LogP contribution in [0, 0.1) is 5.92 Å². The molecule has 2 nitrogen and oxygen atoms in total. The zero-order chi connectivity index (χ0) is 14.9. The fourth-order valence-electron chi connectivity index (χ4n) is 2.20. The highest BCUT2D eigenvalue weighted by Crippen LogP contribution is 2.09. The summed E-state index contributed by atoms with van der Waals surface area (Å²) in [5.41, 5.74) is 3.76. The summed E-state index contributed by atoms with van der Waals surface area (Å²) in [7, 11) is 0. The van der Waals surface area contributed by atoms with Gasteiger partial charge in [0.05, 0.1) is 13.2 Å². The smallest absolute Gasteiger partial charge is 0.0721 e. The molecule has 0 heterocycles. The molecule has 2 aromatic carbocycles. The summed E-state index contributed by atoms with van der Waals surface area (Å²) in [4.78, 5) is 0. The molecule has 0 radical (unpaired) electrons. The maximum absolute atomic E-state index is 5.78. The minimum absolute atomic E-state index is 0.660. The lowest BCUT2D eigenvalue weighted by Crippen LogP contribution is -2.18. The van der Waals surface area contributed by atoms with Crippen molar-refractivity contribution in [2.75, 3.05) is 6.54 Å². The monoisotopic (exact) mass is 283 g/mol. The average Bonchev–Trinajstić information content (AvgIpc) is 2.48. The van der Waals surface area contributed by atoms with Crippen molar-refractivity contribution in [1.82, 2.24) is 5.32 Å². The van der Waals surface area contributed by atoms with Crippen LogP contribution in [-0.4, -0.2) is 6.54 Å². The van der Waals surface area contributed by atoms with E-state index >= 15 is 0 Å². The van der Waals surface area contributed by atoms with E-state index in [-0.39, 0.29) is 0 Å². The van der Waals surface area contributed by atoms with Gasteiger partial charge in [-0.1, -0.05) is 68.4 Å². The molecule has 0 saturated heterocycles. The van der Waals surface area contributed by atoms with Gasteiger partial charge in [-0.25, -0.2) is 0 Å². The Morgan fingerprint density at radius 1 is 0.857 bits per heavy atom. The van der Waals surface area contributed by atoms with E-state index in [1.54, 1.807) is 0 Å². The van der Waals surface area contributed by atoms with Gasteiger partial charge in [-0.3, -0.25) is 0 Å². The summed E-state index contributed by atoms with van der Waals surface area (Å²) >= 11 is 0. The van der Waals surface area contributed by atoms with Gasteiger partial charge in [0.15, 0.2) is 0 Å². The number of hydrogen-bond donors (Lipinski definition) is 1. The summed E-state index contributed by atoms with van der Waals surface area (Å²) in [5, 5.41) is 3.47. The van der Waals surface area contributed by atoms with E-state index in [2.05, 4.69) is 55.6 Å². The van der Waals surface area contributed by atoms with Crippen molar-refractivity contribution in [3.8, 4) is 0 Å². The first kappa shape index (κ1) is 15.7. The molecule has 0 fully saturated rings. The zero-order valence-corrected chi connectivity index (χ0v) is 13.0. The van der Waals surface area contributed by atoms with Gasteiger partial charge in [0, 0.05) is 6.54 Å². The van der Waals surface area contributed by atoms with Crippen molar-refractivity contribution in [1.29, 1.82) is 0 Å². The van der Waals surface area contributed by atoms with Crippen LogP contribution in [0.5, 0.6) is 0 Å². The largest absolute Gasteiger partial charge is 0.372 e. The van der Waals surface area contributed by atoms with Gasteiger partial charge >= 0.3 is 0 Å². The molecule has 0 atom stereocenters. The van der Waals surface area contributed by atoms with Crippen LogP contribution in [0.2, 0.25) is 0 Å². The third-order valence-electron chi connectivity index (χ3n) is 3.25. The van der Waals surface area contributed by atoms with Crippen LogP contribution in [0.25, 0.3) is 0 Å². The second-order valence-corrected chi connectivity index (χ2v) is 5.82. The molecule has 112 valence electrons. The molecule has 0 aromatic heterocycles. The van der Waals surface area contributed by atoms with Crippen LogP contribution < -0.4 is 5.32 Å². The Bertz CT molecular complexity index is 522. The van der Waals surface area contributed by atoms with E-state index in [4.69, 9.17) is 4.74 Å². The van der Waals surface area contributed by atoms with E-state index in [1.807, 2.05) is 18.2 Å². The van der Waals surface area contributed by atoms with Gasteiger partial charge in [-0.2, -0.15) is 0 Å². The first-order valence-electron chi connectivity index (χ1n) is 7.64. The highest BCUT2D eigenvalue weighted by atomic mass is 16.5. The second-order valence-electron chi connectivity index (χ2n) is 5.82. The Kier molecular flexibility index (Phi) is 6.45. The van der Waals surface area contributed by atoms with Gasteiger partial charge in [-0.15, -0.1) is 0 Å². The quantitative estimate of drug-likeness (QED) is 0.786. The van der Waals surface area contributed by atoms with Crippen molar-refractivity contribution in [2.45, 2.75) is 33.6 Å². The molecule has 0 saturated carbocycles. The summed E-state index contributed by atoms with van der Waals surface area (Å²) in [6.45, 7) is 7.74. The van der Waals surface area contributed by atoms with Crippen LogP contribution in [0.3, 0.4) is 0 Å². The Labute approximate surface area is 128 Å². The molecule has 2 rings (SSSR count). The lowest BCUT2D eigenvalue weighted by molar-refractivity contribution is 0.107. The van der Waals surface area contributed by atoms with Crippen LogP contribution in [-0.2, 0) is 24.5 Å². The summed E-state index contributed by atoms with van der Waals surface area (Å²) in [5.74, 6) is 0.683. The minimum atomic E-state index is 0.660. The van der Waals surface area contributed by atoms with Crippen LogP contribution >= 0.6 is 0 Å². The second kappa shape index (κ2) is 8.60. The lowest BCUT2D eigenvalue weighted by atomic mass is 10.1. The van der Waals surface area contributed by atoms with Crippen LogP contribution in [0.4, 0.5) is 0 Å². The van der Waals surface area contributed by atoms with Gasteiger partial charge in [-0.05, 0) is 29.2 Å². The number of rotatable bonds is 8. The molecule has 1 N–H and O–H groups in total. The highest BCUT2D eigenvalue weighted by molar-refractivity contribution is 5.23. The van der Waals surface area contributed by atoms with Crippen molar-refractivity contribution in [2.24, 2.45) is 5.92 Å². The average molecular weight is 283 g/mol. The Hall–Kier alpha value is -1.64. The third-order valence-corrected chi connectivity index (χ3v) is 3.25. The van der Waals surface area contributed by atoms with E-state index in [0.717, 1.165) is 13.1 Å². The molecule has 0 unspecified atom stereocenters. The normalized spacial score (nSPS) is 11.0. The van der Waals surface area contributed by atoms with E-state index in [0.29, 0.717) is 19.1 Å². The number of ether oxygens (including phenoxy) is 1. The summed E-state index contributed by atoms with van der Waals surface area (Å²) < 4.78 is 5.78. The predicted molar refractivity (Wildman–Crippen MR) is 87.9 cm³/mol. The van der Waals surface area contributed by atoms with Gasteiger partial charge in [0.25, 0.3) is 0 Å². The van der Waals surface area contributed by atoms with Crippen molar-refractivity contribution in [3.05, 3.63) is 71.3 Å². The van der Waals surface area contributed by atoms with Gasteiger partial charge in [0.1, 0.15) is 0 Å². The minimum Gasteiger partial charge on any atom is -0.372 e. The lowest BCUT2D eigenvalue weighted by Gasteiger charge is -2.09. The Morgan fingerprint density at radius 3 is 2.29 bits per heavy atom. The molecular weight excluding hydrogens is 258 g/mol. The molecule has 0 bridgehead atoms. The molecule has 0 aliphatic carbocycles. The standard InChI is InChI=1S/C19H25NO/c1-16(2)12-20-13-18-9-6-10-19(11-18)15-21-14-17-7-4-3-5-8-17/h3-11,16,20H,12-15H2,1-2H3. The Balaban J connectivity index is 1.78. The van der Waals surface area contributed by atoms with Gasteiger partial charge in [0.2, 0.25) is 0 Å². The molecule has 0 amide bonds. The number of nitrogens with one attached hydrogen (secondary N) is 1. The molecule has 0 spiro atoms. The van der Waals surface area contributed by atoms with Crippen molar-refractivity contribution >= 4 is 0 Å². The Morgan fingerprint density at radius 2 is 1.52 bits per heavy atom. The molecular formula is C19H25NO. The van der Waals surface area contributed by atoms with Gasteiger partial charge < -0.3 is 10.1 Å². The topological polar surface area (TPSA) is 21.3 Å². The zero-order valence-electron chi connectivity index (χ0n) is 13.0. The molecule has 2 heteroatoms.